The largest absolute Gasteiger partial charge is 0.324 e. The predicted octanol–water partition coefficient (Wildman–Crippen LogP) is 2.05. The highest BCUT2D eigenvalue weighted by Gasteiger charge is 2.20. The second kappa shape index (κ2) is 7.21. The molecular formula is C18H15N7O3. The standard InChI is InChI=1S/C18H15N7O3/c26-11-24-15-14(16(27)21-18(24)23-28)25(22-13-9-5-2-6-10-13)17(20-15)19-12-7-3-1-4-8-12/h1-11,22,28H,(H,19,20)(H,21,23,27). The summed E-state index contributed by atoms with van der Waals surface area (Å²) in [7, 11) is 0. The number of para-hydroxylation sites is 2. The van der Waals surface area contributed by atoms with Crippen LogP contribution in [0.15, 0.2) is 65.5 Å². The van der Waals surface area contributed by atoms with Crippen LogP contribution in [0.3, 0.4) is 0 Å². The average Bonchev–Trinajstić information content (AvgIpc) is 3.07. The van der Waals surface area contributed by atoms with Gasteiger partial charge in [0.1, 0.15) is 0 Å². The van der Waals surface area contributed by atoms with Crippen molar-refractivity contribution in [3.63, 3.8) is 0 Å². The van der Waals surface area contributed by atoms with Crippen LogP contribution in [0.4, 0.5) is 23.3 Å². The molecule has 0 aliphatic rings. The zero-order valence-corrected chi connectivity index (χ0v) is 14.4. The van der Waals surface area contributed by atoms with Crippen molar-refractivity contribution in [3.8, 4) is 0 Å². The number of nitrogens with one attached hydrogen (secondary N) is 3. The number of anilines is 4. The second-order valence-electron chi connectivity index (χ2n) is 5.74. The summed E-state index contributed by atoms with van der Waals surface area (Å²) < 4.78 is 2.35. The van der Waals surface area contributed by atoms with Crippen LogP contribution >= 0.6 is 0 Å². The fourth-order valence-electron chi connectivity index (χ4n) is 2.74. The molecule has 2 aromatic heterocycles. The Morgan fingerprint density at radius 1 is 0.893 bits per heavy atom. The molecule has 0 unspecified atom stereocenters. The Balaban J connectivity index is 1.95. The van der Waals surface area contributed by atoms with E-state index in [1.807, 2.05) is 60.7 Å². The summed E-state index contributed by atoms with van der Waals surface area (Å²) in [5.74, 6) is -0.0715. The van der Waals surface area contributed by atoms with Gasteiger partial charge < -0.3 is 5.32 Å². The summed E-state index contributed by atoms with van der Waals surface area (Å²) in [6, 6.07) is 18.4. The molecule has 0 atom stereocenters. The maximum Gasteiger partial charge on any atom is 0.302 e. The van der Waals surface area contributed by atoms with E-state index in [0.717, 1.165) is 10.3 Å². The third-order valence-corrected chi connectivity index (χ3v) is 3.98. The van der Waals surface area contributed by atoms with Gasteiger partial charge in [0, 0.05) is 5.69 Å². The van der Waals surface area contributed by atoms with Gasteiger partial charge in [-0.05, 0) is 24.3 Å². The molecule has 0 amide bonds. The number of imidazole rings is 1. The summed E-state index contributed by atoms with van der Waals surface area (Å²) >= 11 is 0. The van der Waals surface area contributed by atoms with E-state index in [9.17, 15) is 14.8 Å². The summed E-state index contributed by atoms with van der Waals surface area (Å²) in [6.07, 6.45) is 0.402. The molecule has 0 fully saturated rings. The second-order valence-corrected chi connectivity index (χ2v) is 5.74. The molecule has 0 spiro atoms. The summed E-state index contributed by atoms with van der Waals surface area (Å²) in [5, 5.41) is 12.3. The van der Waals surface area contributed by atoms with Crippen LogP contribution in [-0.4, -0.2) is 30.8 Å². The minimum Gasteiger partial charge on any atom is -0.324 e. The van der Waals surface area contributed by atoms with Crippen LogP contribution in [-0.2, 0) is 4.79 Å². The number of aromatic nitrogens is 4. The Kier molecular flexibility index (Phi) is 4.44. The predicted molar refractivity (Wildman–Crippen MR) is 105 cm³/mol. The molecule has 28 heavy (non-hydrogen) atoms. The first-order valence-corrected chi connectivity index (χ1v) is 8.26. The van der Waals surface area contributed by atoms with E-state index in [4.69, 9.17) is 0 Å². The van der Waals surface area contributed by atoms with Crippen molar-refractivity contribution in [2.45, 2.75) is 0 Å². The number of benzene rings is 2. The Morgan fingerprint density at radius 2 is 1.54 bits per heavy atom. The van der Waals surface area contributed by atoms with Gasteiger partial charge in [0.2, 0.25) is 18.3 Å². The van der Waals surface area contributed by atoms with Gasteiger partial charge in [-0.1, -0.05) is 36.4 Å². The quantitative estimate of drug-likeness (QED) is 0.297. The molecule has 0 aliphatic carbocycles. The third-order valence-electron chi connectivity index (χ3n) is 3.98. The van der Waals surface area contributed by atoms with Crippen molar-refractivity contribution < 1.29 is 10.0 Å². The van der Waals surface area contributed by atoms with Crippen molar-refractivity contribution in [3.05, 3.63) is 71.0 Å². The molecule has 2 heterocycles. The molecule has 0 aliphatic heterocycles. The van der Waals surface area contributed by atoms with Crippen molar-refractivity contribution in [2.75, 3.05) is 16.2 Å². The summed E-state index contributed by atoms with van der Waals surface area (Å²) in [6.45, 7) is 0. The van der Waals surface area contributed by atoms with E-state index in [1.54, 1.807) is 5.48 Å². The van der Waals surface area contributed by atoms with Crippen LogP contribution in [0.2, 0.25) is 0 Å². The van der Waals surface area contributed by atoms with Crippen LogP contribution in [0.5, 0.6) is 0 Å². The molecule has 10 heteroatoms. The van der Waals surface area contributed by atoms with Crippen LogP contribution in [0, 0.1) is 0 Å². The normalized spacial score (nSPS) is 10.6. The number of hydrogen-bond acceptors (Lipinski definition) is 8. The van der Waals surface area contributed by atoms with Gasteiger partial charge in [0.05, 0.1) is 5.69 Å². The van der Waals surface area contributed by atoms with Gasteiger partial charge in [-0.3, -0.25) is 20.2 Å². The van der Waals surface area contributed by atoms with Crippen molar-refractivity contribution in [1.29, 1.82) is 0 Å². The topological polar surface area (TPSA) is 126 Å². The molecule has 10 nitrogen and oxygen atoms in total. The molecule has 4 rings (SSSR count). The first-order valence-electron chi connectivity index (χ1n) is 8.26. The minimum atomic E-state index is -0.679. The van der Waals surface area contributed by atoms with Gasteiger partial charge in [-0.15, -0.1) is 0 Å². The lowest BCUT2D eigenvalue weighted by atomic mass is 10.3. The Bertz CT molecular complexity index is 1190. The Morgan fingerprint density at radius 3 is 2.14 bits per heavy atom. The van der Waals surface area contributed by atoms with E-state index < -0.39 is 5.56 Å². The smallest absolute Gasteiger partial charge is 0.302 e. The van der Waals surface area contributed by atoms with E-state index in [-0.39, 0.29) is 23.1 Å². The molecule has 0 bridgehead atoms. The highest BCUT2D eigenvalue weighted by Crippen LogP contribution is 2.22. The molecule has 2 aromatic carbocycles. The lowest BCUT2D eigenvalue weighted by Gasteiger charge is -2.12. The Hall–Kier alpha value is -4.18. The van der Waals surface area contributed by atoms with Gasteiger partial charge in [-0.2, -0.15) is 9.97 Å². The number of hydrogen-bond donors (Lipinski definition) is 4. The maximum absolute atomic E-state index is 12.6. The number of nitrogens with zero attached hydrogens (tertiary/aromatic N) is 4. The zero-order valence-electron chi connectivity index (χ0n) is 14.4. The lowest BCUT2D eigenvalue weighted by molar-refractivity contribution is 0.380. The van der Waals surface area contributed by atoms with Crippen molar-refractivity contribution in [1.82, 2.24) is 19.2 Å². The Labute approximate surface area is 158 Å². The van der Waals surface area contributed by atoms with Crippen LogP contribution in [0.1, 0.15) is 0 Å². The van der Waals surface area contributed by atoms with E-state index in [1.165, 1.54) is 4.68 Å². The first-order chi connectivity index (χ1) is 13.7. The van der Waals surface area contributed by atoms with Crippen molar-refractivity contribution in [2.24, 2.45) is 0 Å². The van der Waals surface area contributed by atoms with E-state index >= 15 is 0 Å². The number of carbonyl (C=O) groups is 1. The number of rotatable bonds is 6. The number of fused-ring (bicyclic) bond motifs is 1. The summed E-state index contributed by atoms with van der Waals surface area (Å²) in [4.78, 5) is 32.2. The van der Waals surface area contributed by atoms with E-state index in [2.05, 4.69) is 20.7 Å². The van der Waals surface area contributed by atoms with Gasteiger partial charge in [0.25, 0.3) is 0 Å². The highest BCUT2D eigenvalue weighted by atomic mass is 16.5. The van der Waals surface area contributed by atoms with E-state index in [0.29, 0.717) is 12.1 Å². The molecular weight excluding hydrogens is 362 g/mol. The molecule has 0 saturated carbocycles. The zero-order chi connectivity index (χ0) is 19.5. The van der Waals surface area contributed by atoms with Gasteiger partial charge >= 0.3 is 5.56 Å². The molecule has 0 saturated heterocycles. The SMILES string of the molecule is O=Cn1c(NO)nc(=O)c2c1nc(Nc1ccccc1)n2Nc1ccccc1. The molecule has 4 N–H and O–H groups in total. The van der Waals surface area contributed by atoms with Gasteiger partial charge in [-0.25, -0.2) is 14.7 Å². The lowest BCUT2D eigenvalue weighted by Crippen LogP contribution is -2.22. The van der Waals surface area contributed by atoms with Crippen LogP contribution < -0.4 is 21.8 Å². The molecule has 4 aromatic rings. The fourth-order valence-corrected chi connectivity index (χ4v) is 2.74. The van der Waals surface area contributed by atoms with Crippen molar-refractivity contribution >= 4 is 40.8 Å². The third kappa shape index (κ3) is 3.04. The fraction of sp³-hybridized carbons (Fsp3) is 0. The number of carbonyl (C=O) groups excluding carboxylic acids is 1. The first kappa shape index (κ1) is 17.2. The average molecular weight is 377 g/mol. The molecule has 0 radical (unpaired) electrons. The molecule has 140 valence electrons. The summed E-state index contributed by atoms with van der Waals surface area (Å²) in [5.41, 5.74) is 5.62. The monoisotopic (exact) mass is 377 g/mol. The van der Waals surface area contributed by atoms with Gasteiger partial charge in [0.15, 0.2) is 11.2 Å². The van der Waals surface area contributed by atoms with Crippen LogP contribution in [0.25, 0.3) is 11.2 Å². The minimum absolute atomic E-state index is 0.0217. The highest BCUT2D eigenvalue weighted by molar-refractivity contribution is 5.83. The maximum atomic E-state index is 12.6.